The molecule has 5 N–H and O–H groups in total. The number of ether oxygens (including phenoxy) is 7. The molecule has 3 fully saturated rings. The van der Waals surface area contributed by atoms with Crippen LogP contribution in [0.25, 0.3) is 0 Å². The number of hydrogen-bond acceptors (Lipinski definition) is 14. The molecule has 18 atom stereocenters. The van der Waals surface area contributed by atoms with Gasteiger partial charge in [-0.05, 0) is 87.7 Å². The number of likely N-dealkylation sites (N-methyl/N-ethyl adjacent to an activating group) is 2. The Morgan fingerprint density at radius 2 is 1.54 bits per heavy atom. The summed E-state index contributed by atoms with van der Waals surface area (Å²) in [5, 5.41) is 48.9. The standard InChI is InChI=1S/C38H72N2O12/c1-15-27-38(10,45)31(42)24(6)40(12)19-20(2)17-37(9,47-14)33(52-35-29(41)26(39-11)16-21(3)48-35)22(4)30(23(5)34(44)50-27)51-28-18-36(8,46-13)32(43)25(7)49-28/h20-33,35,39,41-43,45H,15-19H2,1-14H3/t20-,21-,22+,23-,24-,25+,26+,27?,28+,29-,30+,31-,32+,33-,35+,36-,37-,38-/m1/s1. The van der Waals surface area contributed by atoms with Gasteiger partial charge in [0.1, 0.15) is 30.0 Å². The van der Waals surface area contributed by atoms with E-state index in [2.05, 4.69) is 12.2 Å². The monoisotopic (exact) mass is 749 g/mol. The maximum absolute atomic E-state index is 14.3. The average Bonchev–Trinajstić information content (AvgIpc) is 3.09. The summed E-state index contributed by atoms with van der Waals surface area (Å²) in [7, 11) is 6.82. The Morgan fingerprint density at radius 1 is 0.923 bits per heavy atom. The van der Waals surface area contributed by atoms with Crippen LogP contribution in [-0.4, -0.2) is 156 Å². The zero-order chi connectivity index (χ0) is 39.5. The van der Waals surface area contributed by atoms with Crippen LogP contribution in [0.3, 0.4) is 0 Å². The van der Waals surface area contributed by atoms with E-state index in [0.29, 0.717) is 19.4 Å². The summed E-state index contributed by atoms with van der Waals surface area (Å²) in [6.45, 7) is 18.8. The number of hydrogen-bond donors (Lipinski definition) is 5. The van der Waals surface area contributed by atoms with Crippen molar-refractivity contribution in [1.82, 2.24) is 10.2 Å². The van der Waals surface area contributed by atoms with Crippen LogP contribution in [0.15, 0.2) is 0 Å². The minimum Gasteiger partial charge on any atom is -0.459 e. The summed E-state index contributed by atoms with van der Waals surface area (Å²) in [5.74, 6) is -2.22. The Labute approximate surface area is 312 Å². The largest absolute Gasteiger partial charge is 0.459 e. The van der Waals surface area contributed by atoms with Crippen LogP contribution in [0.5, 0.6) is 0 Å². The van der Waals surface area contributed by atoms with Crippen molar-refractivity contribution in [3.05, 3.63) is 0 Å². The van der Waals surface area contributed by atoms with Gasteiger partial charge < -0.3 is 63.8 Å². The minimum absolute atomic E-state index is 0.0118. The lowest BCUT2D eigenvalue weighted by Crippen LogP contribution is -2.60. The summed E-state index contributed by atoms with van der Waals surface area (Å²) in [6.07, 6.45) is -7.27. The molecule has 0 aromatic heterocycles. The molecule has 0 aliphatic carbocycles. The van der Waals surface area contributed by atoms with Gasteiger partial charge in [0.05, 0.1) is 41.5 Å². The van der Waals surface area contributed by atoms with E-state index in [0.717, 1.165) is 0 Å². The zero-order valence-corrected chi connectivity index (χ0v) is 34.2. The number of aliphatic hydroxyl groups excluding tert-OH is 3. The SMILES string of the molecule is CCC1OC(=O)[C@H](C)[C@@H](O[C@H]2C[C@@](C)(OC)[C@@H](O)[C@H](C)O2)[C@H](C)[C@@H](O[C@@H]2O[C@H](C)C[C@H](NC)[C@H]2O)[C@](C)(OC)C[C@@H](C)CN(C)[C@H](C)[C@@H](O)[C@]1(C)O. The predicted molar refractivity (Wildman–Crippen MR) is 194 cm³/mol. The lowest BCUT2D eigenvalue weighted by atomic mass is 9.77. The summed E-state index contributed by atoms with van der Waals surface area (Å²) < 4.78 is 44.3. The molecule has 0 amide bonds. The number of methoxy groups -OCH3 is 2. The highest BCUT2D eigenvalue weighted by atomic mass is 16.7. The molecule has 0 saturated carbocycles. The molecule has 1 unspecified atom stereocenters. The molecule has 0 radical (unpaired) electrons. The van der Waals surface area contributed by atoms with Gasteiger partial charge in [-0.2, -0.15) is 0 Å². The van der Waals surface area contributed by atoms with E-state index < -0.39 is 96.0 Å². The van der Waals surface area contributed by atoms with Crippen molar-refractivity contribution in [1.29, 1.82) is 0 Å². The fourth-order valence-electron chi connectivity index (χ4n) is 8.71. The lowest BCUT2D eigenvalue weighted by molar-refractivity contribution is -0.317. The molecule has 0 bridgehead atoms. The minimum atomic E-state index is -1.77. The van der Waals surface area contributed by atoms with Gasteiger partial charge in [-0.1, -0.05) is 20.8 Å². The van der Waals surface area contributed by atoms with Gasteiger partial charge >= 0.3 is 5.97 Å². The molecule has 0 aromatic carbocycles. The number of rotatable bonds is 8. The van der Waals surface area contributed by atoms with E-state index in [1.165, 1.54) is 14.0 Å². The topological polar surface area (TPSA) is 178 Å². The van der Waals surface area contributed by atoms with E-state index in [-0.39, 0.29) is 30.9 Å². The Kier molecular flexibility index (Phi) is 16.0. The van der Waals surface area contributed by atoms with E-state index >= 15 is 0 Å². The van der Waals surface area contributed by atoms with Gasteiger partial charge in [-0.15, -0.1) is 0 Å². The molecule has 14 nitrogen and oxygen atoms in total. The van der Waals surface area contributed by atoms with Gasteiger partial charge in [0.25, 0.3) is 0 Å². The maximum atomic E-state index is 14.3. The summed E-state index contributed by atoms with van der Waals surface area (Å²) in [5.41, 5.74) is -3.78. The van der Waals surface area contributed by atoms with Gasteiger partial charge in [0.2, 0.25) is 0 Å². The first-order valence-corrected chi connectivity index (χ1v) is 19.2. The van der Waals surface area contributed by atoms with E-state index in [1.54, 1.807) is 41.9 Å². The Balaban J connectivity index is 2.20. The summed E-state index contributed by atoms with van der Waals surface area (Å²) in [4.78, 5) is 16.2. The third kappa shape index (κ3) is 9.86. The highest BCUT2D eigenvalue weighted by Crippen LogP contribution is 2.41. The smallest absolute Gasteiger partial charge is 0.311 e. The van der Waals surface area contributed by atoms with Crippen LogP contribution in [0.4, 0.5) is 0 Å². The first-order chi connectivity index (χ1) is 24.1. The maximum Gasteiger partial charge on any atom is 0.311 e. The first-order valence-electron chi connectivity index (χ1n) is 19.2. The van der Waals surface area contributed by atoms with Crippen LogP contribution in [0.1, 0.15) is 94.9 Å². The number of nitrogens with zero attached hydrogens (tertiary/aromatic N) is 1. The van der Waals surface area contributed by atoms with Crippen LogP contribution in [-0.2, 0) is 38.0 Å². The molecule has 3 heterocycles. The second-order valence-corrected chi connectivity index (χ2v) is 16.7. The van der Waals surface area contributed by atoms with E-state index in [9.17, 15) is 25.2 Å². The third-order valence-corrected chi connectivity index (χ3v) is 12.4. The quantitative estimate of drug-likeness (QED) is 0.228. The summed E-state index contributed by atoms with van der Waals surface area (Å²) in [6, 6.07) is -0.777. The van der Waals surface area contributed by atoms with Gasteiger partial charge in [-0.3, -0.25) is 4.79 Å². The third-order valence-electron chi connectivity index (χ3n) is 12.4. The number of cyclic esters (lactones) is 1. The first kappa shape index (κ1) is 45.4. The van der Waals surface area contributed by atoms with Crippen LogP contribution < -0.4 is 5.32 Å². The molecule has 306 valence electrons. The number of esters is 1. The van der Waals surface area contributed by atoms with Crippen molar-refractivity contribution < 1.29 is 58.4 Å². The highest BCUT2D eigenvalue weighted by molar-refractivity contribution is 5.73. The lowest BCUT2D eigenvalue weighted by Gasteiger charge is -2.49. The molecule has 0 spiro atoms. The van der Waals surface area contributed by atoms with E-state index in [4.69, 9.17) is 33.2 Å². The molecule has 14 heteroatoms. The highest BCUT2D eigenvalue weighted by Gasteiger charge is 2.53. The molecule has 3 rings (SSSR count). The predicted octanol–water partition coefficient (Wildman–Crippen LogP) is 2.21. The molecule has 3 aliphatic heterocycles. The Morgan fingerprint density at radius 3 is 2.10 bits per heavy atom. The van der Waals surface area contributed by atoms with Crippen molar-refractivity contribution in [3.63, 3.8) is 0 Å². The van der Waals surface area contributed by atoms with E-state index in [1.807, 2.05) is 39.6 Å². The van der Waals surface area contributed by atoms with Gasteiger partial charge in [0, 0.05) is 45.2 Å². The average molecular weight is 749 g/mol. The normalized spacial score (nSPS) is 49.5. The fraction of sp³-hybridized carbons (Fsp3) is 0.974. The van der Waals surface area contributed by atoms with Crippen LogP contribution >= 0.6 is 0 Å². The number of nitrogens with one attached hydrogen (secondary N) is 1. The Bertz CT molecular complexity index is 1130. The van der Waals surface area contributed by atoms with Crippen molar-refractivity contribution in [3.8, 4) is 0 Å². The van der Waals surface area contributed by atoms with Crippen molar-refractivity contribution in [2.45, 2.75) is 185 Å². The molecule has 0 aromatic rings. The molecular formula is C38H72N2O12. The fourth-order valence-corrected chi connectivity index (χ4v) is 8.71. The second kappa shape index (κ2) is 18.3. The van der Waals surface area contributed by atoms with Crippen molar-refractivity contribution in [2.24, 2.45) is 17.8 Å². The molecule has 3 saturated heterocycles. The zero-order valence-electron chi connectivity index (χ0n) is 34.2. The van der Waals surface area contributed by atoms with Crippen LogP contribution in [0, 0.1) is 17.8 Å². The molecule has 52 heavy (non-hydrogen) atoms. The molecule has 3 aliphatic rings. The van der Waals surface area contributed by atoms with Crippen LogP contribution in [0.2, 0.25) is 0 Å². The molecular weight excluding hydrogens is 676 g/mol. The van der Waals surface area contributed by atoms with Crippen molar-refractivity contribution >= 4 is 5.97 Å². The number of carbonyl (C=O) groups is 1. The second-order valence-electron chi connectivity index (χ2n) is 16.7. The number of carbonyl (C=O) groups excluding carboxylic acids is 1. The summed E-state index contributed by atoms with van der Waals surface area (Å²) >= 11 is 0. The Hall–Kier alpha value is -1.01. The number of aliphatic hydroxyl groups is 4. The van der Waals surface area contributed by atoms with Crippen molar-refractivity contribution in [2.75, 3.05) is 34.9 Å². The van der Waals surface area contributed by atoms with Gasteiger partial charge in [0.15, 0.2) is 12.6 Å². The van der Waals surface area contributed by atoms with Gasteiger partial charge in [-0.25, -0.2) is 0 Å².